The summed E-state index contributed by atoms with van der Waals surface area (Å²) in [5.41, 5.74) is 6.94. The molecule has 78 valence electrons. The zero-order valence-corrected chi connectivity index (χ0v) is 8.04. The Morgan fingerprint density at radius 2 is 2.20 bits per heavy atom. The van der Waals surface area contributed by atoms with Crippen molar-refractivity contribution in [3.63, 3.8) is 0 Å². The minimum absolute atomic E-state index is 0.0315. The van der Waals surface area contributed by atoms with Crippen LogP contribution in [0.25, 0.3) is 11.2 Å². The number of hydrogen-bond donors (Lipinski definition) is 2. The van der Waals surface area contributed by atoms with E-state index in [1.807, 2.05) is 10.6 Å². The fourth-order valence-corrected chi connectivity index (χ4v) is 1.30. The topological polar surface area (TPSA) is 89.9 Å². The van der Waals surface area contributed by atoms with Gasteiger partial charge < -0.3 is 15.4 Å². The molecule has 0 unspecified atom stereocenters. The molecule has 0 fully saturated rings. The molecule has 6 nitrogen and oxygen atoms in total. The number of rotatable bonds is 3. The van der Waals surface area contributed by atoms with Gasteiger partial charge in [-0.1, -0.05) is 12.2 Å². The summed E-state index contributed by atoms with van der Waals surface area (Å²) in [6, 6.07) is 0. The third kappa shape index (κ3) is 1.79. The second kappa shape index (κ2) is 4.05. The average molecular weight is 205 g/mol. The van der Waals surface area contributed by atoms with Gasteiger partial charge in [-0.05, 0) is 0 Å². The molecule has 2 aromatic rings. The van der Waals surface area contributed by atoms with Crippen LogP contribution < -0.4 is 5.73 Å². The molecular formula is C9H11N5O. The number of allylic oxidation sites excluding steroid dienone is 1. The fourth-order valence-electron chi connectivity index (χ4n) is 1.30. The van der Waals surface area contributed by atoms with E-state index in [2.05, 4.69) is 15.0 Å². The molecule has 6 heteroatoms. The van der Waals surface area contributed by atoms with Crippen molar-refractivity contribution in [2.45, 2.75) is 6.54 Å². The lowest BCUT2D eigenvalue weighted by Crippen LogP contribution is -1.97. The summed E-state index contributed by atoms with van der Waals surface area (Å²) >= 11 is 0. The number of aromatic nitrogens is 4. The molecular weight excluding hydrogens is 194 g/mol. The van der Waals surface area contributed by atoms with Crippen LogP contribution in [0.3, 0.4) is 0 Å². The second-order valence-electron chi connectivity index (χ2n) is 2.98. The van der Waals surface area contributed by atoms with E-state index in [1.54, 1.807) is 12.4 Å². The largest absolute Gasteiger partial charge is 0.392 e. The maximum atomic E-state index is 8.59. The van der Waals surface area contributed by atoms with Gasteiger partial charge in [-0.2, -0.15) is 0 Å². The number of nitrogens with zero attached hydrogens (tertiary/aromatic N) is 4. The predicted octanol–water partition coefficient (Wildman–Crippen LogP) is -0.0430. The summed E-state index contributed by atoms with van der Waals surface area (Å²) in [5.74, 6) is 0.380. The average Bonchev–Trinajstić information content (AvgIpc) is 2.64. The lowest BCUT2D eigenvalue weighted by atomic mass is 10.4. The highest BCUT2D eigenvalue weighted by Crippen LogP contribution is 2.13. The molecule has 0 aromatic carbocycles. The maximum Gasteiger partial charge on any atom is 0.165 e. The maximum absolute atomic E-state index is 8.59. The molecule has 0 aliphatic carbocycles. The Hall–Kier alpha value is -1.95. The van der Waals surface area contributed by atoms with Gasteiger partial charge in [0.1, 0.15) is 11.8 Å². The highest BCUT2D eigenvalue weighted by molar-refractivity contribution is 5.81. The number of nitrogen functional groups attached to an aromatic ring is 1. The molecule has 2 aromatic heterocycles. The van der Waals surface area contributed by atoms with Crippen molar-refractivity contribution in [3.8, 4) is 0 Å². The minimum atomic E-state index is 0.0315. The Bertz CT molecular complexity index is 490. The molecule has 0 radical (unpaired) electrons. The molecule has 2 rings (SSSR count). The molecule has 15 heavy (non-hydrogen) atoms. The number of hydrogen-bond acceptors (Lipinski definition) is 5. The standard InChI is InChI=1S/C9H11N5O/c10-8-7-9(12-5-11-8)14(6-13-7)3-1-2-4-15/h1-2,5-6,15H,3-4H2,(H2,10,11,12)/b2-1+. The molecule has 0 atom stereocenters. The van der Waals surface area contributed by atoms with Gasteiger partial charge in [-0.15, -0.1) is 0 Å². The summed E-state index contributed by atoms with van der Waals surface area (Å²) in [6.07, 6.45) is 6.55. The summed E-state index contributed by atoms with van der Waals surface area (Å²) in [5, 5.41) is 8.59. The van der Waals surface area contributed by atoms with E-state index in [0.29, 0.717) is 23.5 Å². The number of aliphatic hydroxyl groups is 1. The molecule has 0 aliphatic heterocycles. The van der Waals surface area contributed by atoms with Crippen LogP contribution in [0.5, 0.6) is 0 Å². The van der Waals surface area contributed by atoms with Crippen LogP contribution >= 0.6 is 0 Å². The van der Waals surface area contributed by atoms with E-state index < -0.39 is 0 Å². The quantitative estimate of drug-likeness (QED) is 0.686. The first-order valence-corrected chi connectivity index (χ1v) is 4.50. The molecule has 0 aliphatic rings. The van der Waals surface area contributed by atoms with E-state index >= 15 is 0 Å². The van der Waals surface area contributed by atoms with Gasteiger partial charge in [0.25, 0.3) is 0 Å². The number of nitrogens with two attached hydrogens (primary N) is 1. The monoisotopic (exact) mass is 205 g/mol. The van der Waals surface area contributed by atoms with Gasteiger partial charge in [-0.3, -0.25) is 0 Å². The minimum Gasteiger partial charge on any atom is -0.392 e. The van der Waals surface area contributed by atoms with E-state index in [0.717, 1.165) is 0 Å². The Morgan fingerprint density at radius 1 is 1.33 bits per heavy atom. The zero-order valence-electron chi connectivity index (χ0n) is 8.04. The van der Waals surface area contributed by atoms with Crippen molar-refractivity contribution in [1.29, 1.82) is 0 Å². The van der Waals surface area contributed by atoms with Crippen LogP contribution in [0, 0.1) is 0 Å². The highest BCUT2D eigenvalue weighted by atomic mass is 16.2. The summed E-state index contributed by atoms with van der Waals surface area (Å²) in [6.45, 7) is 0.636. The number of fused-ring (bicyclic) bond motifs is 1. The van der Waals surface area contributed by atoms with Crippen LogP contribution in [0.4, 0.5) is 5.82 Å². The van der Waals surface area contributed by atoms with Gasteiger partial charge in [-0.25, -0.2) is 15.0 Å². The van der Waals surface area contributed by atoms with E-state index in [4.69, 9.17) is 10.8 Å². The van der Waals surface area contributed by atoms with Gasteiger partial charge in [0, 0.05) is 6.54 Å². The Kier molecular flexibility index (Phi) is 2.59. The summed E-state index contributed by atoms with van der Waals surface area (Å²) in [4.78, 5) is 12.1. The van der Waals surface area contributed by atoms with Gasteiger partial charge >= 0.3 is 0 Å². The van der Waals surface area contributed by atoms with Crippen LogP contribution in [0.15, 0.2) is 24.8 Å². The Labute approximate surface area is 86.1 Å². The molecule has 0 saturated heterocycles. The third-order valence-electron chi connectivity index (χ3n) is 2.00. The van der Waals surface area contributed by atoms with E-state index in [-0.39, 0.29) is 6.61 Å². The lowest BCUT2D eigenvalue weighted by molar-refractivity contribution is 0.342. The zero-order chi connectivity index (χ0) is 10.7. The molecule has 0 spiro atoms. The second-order valence-corrected chi connectivity index (χ2v) is 2.98. The number of imidazole rings is 1. The molecule has 3 N–H and O–H groups in total. The smallest absolute Gasteiger partial charge is 0.165 e. The van der Waals surface area contributed by atoms with Crippen LogP contribution in [-0.4, -0.2) is 31.2 Å². The van der Waals surface area contributed by atoms with E-state index in [1.165, 1.54) is 6.33 Å². The van der Waals surface area contributed by atoms with Gasteiger partial charge in [0.2, 0.25) is 0 Å². The number of aliphatic hydroxyl groups excluding tert-OH is 1. The number of anilines is 1. The van der Waals surface area contributed by atoms with E-state index in [9.17, 15) is 0 Å². The molecule has 0 bridgehead atoms. The highest BCUT2D eigenvalue weighted by Gasteiger charge is 2.05. The first kappa shape index (κ1) is 9.60. The Balaban J connectivity index is 2.37. The van der Waals surface area contributed by atoms with Crippen molar-refractivity contribution >= 4 is 17.0 Å². The molecule has 2 heterocycles. The lowest BCUT2D eigenvalue weighted by Gasteiger charge is -1.98. The van der Waals surface area contributed by atoms with Crippen molar-refractivity contribution in [1.82, 2.24) is 19.5 Å². The third-order valence-corrected chi connectivity index (χ3v) is 2.00. The van der Waals surface area contributed by atoms with Crippen molar-refractivity contribution in [2.75, 3.05) is 12.3 Å². The predicted molar refractivity (Wildman–Crippen MR) is 56.0 cm³/mol. The van der Waals surface area contributed by atoms with Crippen molar-refractivity contribution in [3.05, 3.63) is 24.8 Å². The summed E-state index contributed by atoms with van der Waals surface area (Å²) in [7, 11) is 0. The van der Waals surface area contributed by atoms with Crippen molar-refractivity contribution < 1.29 is 5.11 Å². The summed E-state index contributed by atoms with van der Waals surface area (Å²) < 4.78 is 1.83. The SMILES string of the molecule is Nc1ncnc2c1ncn2C/C=C/CO. The first-order valence-electron chi connectivity index (χ1n) is 4.50. The molecule has 0 saturated carbocycles. The van der Waals surface area contributed by atoms with Crippen molar-refractivity contribution in [2.24, 2.45) is 0 Å². The first-order chi connectivity index (χ1) is 7.33. The fraction of sp³-hybridized carbons (Fsp3) is 0.222. The Morgan fingerprint density at radius 3 is 3.00 bits per heavy atom. The van der Waals surface area contributed by atoms with Gasteiger partial charge in [0.05, 0.1) is 12.9 Å². The van der Waals surface area contributed by atoms with Crippen LogP contribution in [0.2, 0.25) is 0 Å². The normalized spacial score (nSPS) is 11.5. The van der Waals surface area contributed by atoms with Crippen LogP contribution in [-0.2, 0) is 6.54 Å². The molecule has 0 amide bonds. The van der Waals surface area contributed by atoms with Crippen LogP contribution in [0.1, 0.15) is 0 Å². The van der Waals surface area contributed by atoms with Gasteiger partial charge in [0.15, 0.2) is 11.5 Å².